The summed E-state index contributed by atoms with van der Waals surface area (Å²) in [7, 11) is -4.29. The SMILES string of the molecule is Cc1cc(C)c(Oc2nc3c(cc2C(=O)NS(=O)(=O)c2cccc(N)n2)COCC3(C)C)c(C)c1. The van der Waals surface area contributed by atoms with Crippen LogP contribution in [-0.2, 0) is 26.8 Å². The molecule has 4 rings (SSSR count). The van der Waals surface area contributed by atoms with Crippen LogP contribution in [0.15, 0.2) is 41.4 Å². The number of nitrogens with zero attached hydrogens (tertiary/aromatic N) is 2. The Morgan fingerprint density at radius 1 is 1.11 bits per heavy atom. The Morgan fingerprint density at radius 2 is 1.80 bits per heavy atom. The molecule has 3 heterocycles. The molecule has 35 heavy (non-hydrogen) atoms. The van der Waals surface area contributed by atoms with Crippen LogP contribution in [0.4, 0.5) is 5.82 Å². The Balaban J connectivity index is 1.80. The molecular weight excluding hydrogens is 468 g/mol. The first-order valence-electron chi connectivity index (χ1n) is 11.0. The van der Waals surface area contributed by atoms with Crippen LogP contribution in [-0.4, -0.2) is 30.9 Å². The maximum atomic E-state index is 13.3. The van der Waals surface area contributed by atoms with Crippen molar-refractivity contribution in [2.24, 2.45) is 0 Å². The molecule has 1 aliphatic rings. The molecule has 0 atom stereocenters. The highest BCUT2D eigenvalue weighted by molar-refractivity contribution is 7.90. The zero-order chi connectivity index (χ0) is 25.5. The molecule has 0 unspecified atom stereocenters. The Labute approximate surface area is 204 Å². The quantitative estimate of drug-likeness (QED) is 0.546. The smallest absolute Gasteiger partial charge is 0.281 e. The molecule has 0 saturated carbocycles. The number of nitrogens with two attached hydrogens (primary N) is 1. The van der Waals surface area contributed by atoms with Gasteiger partial charge in [0, 0.05) is 11.0 Å². The zero-order valence-electron chi connectivity index (χ0n) is 20.3. The number of carbonyl (C=O) groups excluding carboxylic acids is 1. The minimum absolute atomic E-state index is 0.0158. The van der Waals surface area contributed by atoms with Gasteiger partial charge in [0.2, 0.25) is 5.88 Å². The highest BCUT2D eigenvalue weighted by atomic mass is 32.2. The fourth-order valence-electron chi connectivity index (χ4n) is 4.19. The summed E-state index contributed by atoms with van der Waals surface area (Å²) in [6.07, 6.45) is 0. The van der Waals surface area contributed by atoms with Gasteiger partial charge in [-0.15, -0.1) is 0 Å². The van der Waals surface area contributed by atoms with Gasteiger partial charge < -0.3 is 15.2 Å². The molecule has 2 aromatic heterocycles. The minimum Gasteiger partial charge on any atom is -0.438 e. The fraction of sp³-hybridized carbons (Fsp3) is 0.320. The monoisotopic (exact) mass is 496 g/mol. The van der Waals surface area contributed by atoms with Crippen LogP contribution in [0.25, 0.3) is 0 Å². The highest BCUT2D eigenvalue weighted by Crippen LogP contribution is 2.37. The van der Waals surface area contributed by atoms with E-state index in [9.17, 15) is 13.2 Å². The minimum atomic E-state index is -4.29. The maximum Gasteiger partial charge on any atom is 0.281 e. The predicted molar refractivity (Wildman–Crippen MR) is 131 cm³/mol. The summed E-state index contributed by atoms with van der Waals surface area (Å²) in [5, 5.41) is -0.367. The van der Waals surface area contributed by atoms with Gasteiger partial charge in [-0.05, 0) is 50.1 Å². The number of aryl methyl sites for hydroxylation is 3. The van der Waals surface area contributed by atoms with Crippen LogP contribution in [0, 0.1) is 20.8 Å². The highest BCUT2D eigenvalue weighted by Gasteiger charge is 2.33. The predicted octanol–water partition coefficient (Wildman–Crippen LogP) is 3.70. The number of nitrogens with one attached hydrogen (secondary N) is 1. The van der Waals surface area contributed by atoms with Crippen LogP contribution >= 0.6 is 0 Å². The number of rotatable bonds is 5. The van der Waals surface area contributed by atoms with Crippen LogP contribution in [0.5, 0.6) is 11.6 Å². The number of sulfonamides is 1. The summed E-state index contributed by atoms with van der Waals surface area (Å²) in [5.74, 6) is -0.306. The van der Waals surface area contributed by atoms with E-state index >= 15 is 0 Å². The van der Waals surface area contributed by atoms with Gasteiger partial charge >= 0.3 is 0 Å². The Morgan fingerprint density at radius 3 is 2.46 bits per heavy atom. The summed E-state index contributed by atoms with van der Waals surface area (Å²) in [5.41, 5.74) is 9.40. The second-order valence-corrected chi connectivity index (χ2v) is 11.0. The Kier molecular flexibility index (Phi) is 6.29. The molecule has 0 aliphatic carbocycles. The summed E-state index contributed by atoms with van der Waals surface area (Å²) >= 11 is 0. The number of carbonyl (C=O) groups is 1. The first-order chi connectivity index (χ1) is 16.4. The van der Waals surface area contributed by atoms with Crippen molar-refractivity contribution in [3.63, 3.8) is 0 Å². The number of ether oxygens (including phenoxy) is 2. The molecular formula is C25H28N4O5S. The molecule has 0 fully saturated rings. The summed E-state index contributed by atoms with van der Waals surface area (Å²) in [4.78, 5) is 21.8. The topological polar surface area (TPSA) is 133 Å². The second kappa shape index (κ2) is 8.94. The molecule has 0 spiro atoms. The lowest BCUT2D eigenvalue weighted by Gasteiger charge is -2.32. The zero-order valence-corrected chi connectivity index (χ0v) is 21.1. The van der Waals surface area contributed by atoms with Crippen LogP contribution in [0.3, 0.4) is 0 Å². The van der Waals surface area contributed by atoms with E-state index in [1.54, 1.807) is 6.07 Å². The summed E-state index contributed by atoms with van der Waals surface area (Å²) < 4.78 is 39.6. The van der Waals surface area contributed by atoms with Crippen molar-refractivity contribution in [1.29, 1.82) is 0 Å². The van der Waals surface area contributed by atoms with E-state index in [0.717, 1.165) is 22.4 Å². The number of aromatic nitrogens is 2. The van der Waals surface area contributed by atoms with Crippen LogP contribution in [0.1, 0.15) is 52.2 Å². The summed E-state index contributed by atoms with van der Waals surface area (Å²) in [6.45, 7) is 10.5. The second-order valence-electron chi connectivity index (χ2n) is 9.39. The van der Waals surface area contributed by atoms with E-state index in [2.05, 4.69) is 9.71 Å². The normalized spacial score (nSPS) is 14.8. The average molecular weight is 497 g/mol. The number of hydrogen-bond acceptors (Lipinski definition) is 8. The van der Waals surface area contributed by atoms with Crippen LogP contribution < -0.4 is 15.2 Å². The van der Waals surface area contributed by atoms with Gasteiger partial charge in [-0.1, -0.05) is 37.6 Å². The molecule has 9 nitrogen and oxygen atoms in total. The van der Waals surface area contributed by atoms with E-state index in [4.69, 9.17) is 20.2 Å². The van der Waals surface area contributed by atoms with E-state index < -0.39 is 21.3 Å². The van der Waals surface area contributed by atoms with E-state index in [0.29, 0.717) is 17.9 Å². The molecule has 0 radical (unpaired) electrons. The average Bonchev–Trinajstić information content (AvgIpc) is 2.75. The molecule has 3 aromatic rings. The molecule has 184 valence electrons. The standard InChI is InChI=1S/C25H28N4O5S/c1-14-9-15(2)21(16(3)10-14)34-24-18(11-17-12-33-13-25(4,5)22(17)28-24)23(30)29-35(31,32)20-8-6-7-19(26)27-20/h6-11H,12-13H2,1-5H3,(H2,26,27)(H,29,30). The number of anilines is 1. The number of amides is 1. The van der Waals surface area contributed by atoms with Crippen molar-refractivity contribution in [1.82, 2.24) is 14.7 Å². The Hall–Kier alpha value is -3.50. The van der Waals surface area contributed by atoms with Crippen molar-refractivity contribution < 1.29 is 22.7 Å². The number of nitrogen functional groups attached to an aromatic ring is 1. The van der Waals surface area contributed by atoms with Gasteiger partial charge in [0.15, 0.2) is 5.03 Å². The van der Waals surface area contributed by atoms with Gasteiger partial charge in [0.25, 0.3) is 15.9 Å². The number of fused-ring (bicyclic) bond motifs is 1. The first kappa shape index (κ1) is 24.6. The molecule has 1 amide bonds. The van der Waals surface area contributed by atoms with E-state index in [1.807, 2.05) is 46.8 Å². The van der Waals surface area contributed by atoms with Gasteiger partial charge in [0.1, 0.15) is 17.1 Å². The first-order valence-corrected chi connectivity index (χ1v) is 12.5. The van der Waals surface area contributed by atoms with Crippen molar-refractivity contribution in [3.05, 3.63) is 69.9 Å². The molecule has 0 saturated heterocycles. The number of hydrogen-bond donors (Lipinski definition) is 2. The lowest BCUT2D eigenvalue weighted by molar-refractivity contribution is 0.0612. The van der Waals surface area contributed by atoms with Crippen molar-refractivity contribution in [2.45, 2.75) is 51.7 Å². The largest absolute Gasteiger partial charge is 0.438 e. The lowest BCUT2D eigenvalue weighted by Crippen LogP contribution is -2.34. The van der Waals surface area contributed by atoms with Crippen molar-refractivity contribution in [2.75, 3.05) is 12.3 Å². The number of benzene rings is 1. The molecule has 3 N–H and O–H groups in total. The summed E-state index contributed by atoms with van der Waals surface area (Å²) in [6, 6.07) is 9.66. The van der Waals surface area contributed by atoms with E-state index in [1.165, 1.54) is 18.2 Å². The van der Waals surface area contributed by atoms with Crippen molar-refractivity contribution >= 4 is 21.7 Å². The lowest BCUT2D eigenvalue weighted by atomic mass is 9.85. The third-order valence-corrected chi connectivity index (χ3v) is 6.96. The molecule has 1 aromatic carbocycles. The third-order valence-electron chi connectivity index (χ3n) is 5.72. The van der Waals surface area contributed by atoms with E-state index in [-0.39, 0.29) is 28.9 Å². The van der Waals surface area contributed by atoms with Gasteiger partial charge in [-0.25, -0.2) is 14.7 Å². The van der Waals surface area contributed by atoms with Gasteiger partial charge in [0.05, 0.1) is 18.9 Å². The maximum absolute atomic E-state index is 13.3. The van der Waals surface area contributed by atoms with Crippen molar-refractivity contribution in [3.8, 4) is 11.6 Å². The van der Waals surface area contributed by atoms with Gasteiger partial charge in [-0.2, -0.15) is 8.42 Å². The molecule has 0 bridgehead atoms. The molecule has 1 aliphatic heterocycles. The third kappa shape index (κ3) is 4.98. The number of pyridine rings is 2. The van der Waals surface area contributed by atoms with Gasteiger partial charge in [-0.3, -0.25) is 4.79 Å². The molecule has 10 heteroatoms. The fourth-order valence-corrected chi connectivity index (χ4v) is 5.13. The Bertz CT molecular complexity index is 1410. The van der Waals surface area contributed by atoms with Crippen LogP contribution in [0.2, 0.25) is 0 Å².